The molecule has 104 valence electrons. The minimum absolute atomic E-state index is 0.558. The zero-order valence-corrected chi connectivity index (χ0v) is 10.7. The Hall–Kier alpha value is -2.82. The van der Waals surface area contributed by atoms with E-state index in [2.05, 4.69) is 24.3 Å². The Morgan fingerprint density at radius 2 is 1.65 bits per heavy atom. The van der Waals surface area contributed by atoms with Gasteiger partial charge in [-0.3, -0.25) is 0 Å². The van der Waals surface area contributed by atoms with E-state index in [-0.39, 0.29) is 0 Å². The van der Waals surface area contributed by atoms with Crippen molar-refractivity contribution in [2.75, 3.05) is 0 Å². The first-order valence-corrected chi connectivity index (χ1v) is 5.84. The largest absolute Gasteiger partial charge is 0.478 e. The number of aliphatic carboxylic acids is 2. The number of nitrogens with two attached hydrogens (primary N) is 1. The van der Waals surface area contributed by atoms with E-state index < -0.39 is 11.9 Å². The number of carboxylic acids is 2. The van der Waals surface area contributed by atoms with Gasteiger partial charge in [-0.1, -0.05) is 36.4 Å². The van der Waals surface area contributed by atoms with Crippen LogP contribution in [0.3, 0.4) is 0 Å². The van der Waals surface area contributed by atoms with Crippen LogP contribution in [-0.4, -0.2) is 22.2 Å². The maximum Gasteiger partial charge on any atom is 0.328 e. The Bertz CT molecular complexity index is 569. The van der Waals surface area contributed by atoms with E-state index >= 15 is 0 Å². The van der Waals surface area contributed by atoms with Crippen LogP contribution in [0.25, 0.3) is 6.08 Å². The van der Waals surface area contributed by atoms with Crippen LogP contribution in [0.2, 0.25) is 0 Å². The van der Waals surface area contributed by atoms with Gasteiger partial charge >= 0.3 is 11.9 Å². The molecule has 0 amide bonds. The molecule has 1 aromatic carbocycles. The van der Waals surface area contributed by atoms with Crippen molar-refractivity contribution in [3.8, 4) is 0 Å². The van der Waals surface area contributed by atoms with Gasteiger partial charge in [-0.05, 0) is 23.6 Å². The molecule has 1 aromatic rings. The number of hydrogen-bond donors (Lipinski definition) is 3. The maximum absolute atomic E-state index is 9.55. The predicted octanol–water partition coefficient (Wildman–Crippen LogP) is 1.81. The summed E-state index contributed by atoms with van der Waals surface area (Å²) in [6.07, 6.45) is 8.11. The Kier molecular flexibility index (Phi) is 5.77. The molecule has 0 saturated heterocycles. The van der Waals surface area contributed by atoms with Gasteiger partial charge in [0, 0.05) is 17.8 Å². The zero-order chi connectivity index (χ0) is 15.0. The first-order valence-electron chi connectivity index (χ1n) is 5.84. The van der Waals surface area contributed by atoms with Crippen molar-refractivity contribution in [3.63, 3.8) is 0 Å². The number of fused-ring (bicyclic) bond motifs is 1. The van der Waals surface area contributed by atoms with E-state index in [0.717, 1.165) is 12.1 Å². The van der Waals surface area contributed by atoms with Gasteiger partial charge in [0.15, 0.2) is 0 Å². The second-order valence-corrected chi connectivity index (χ2v) is 3.95. The highest BCUT2D eigenvalue weighted by Crippen LogP contribution is 2.15. The molecule has 0 aliphatic heterocycles. The first-order chi connectivity index (χ1) is 9.49. The van der Waals surface area contributed by atoms with Crippen LogP contribution in [-0.2, 0) is 16.0 Å². The summed E-state index contributed by atoms with van der Waals surface area (Å²) in [4.78, 5) is 19.1. The summed E-state index contributed by atoms with van der Waals surface area (Å²) in [6.45, 7) is 0. The third-order valence-corrected chi connectivity index (χ3v) is 2.44. The van der Waals surface area contributed by atoms with E-state index in [4.69, 9.17) is 15.9 Å². The summed E-state index contributed by atoms with van der Waals surface area (Å²) in [5, 5.41) is 15.6. The monoisotopic (exact) mass is 273 g/mol. The van der Waals surface area contributed by atoms with Crippen molar-refractivity contribution in [2.24, 2.45) is 5.73 Å². The Balaban J connectivity index is 0.000000221. The van der Waals surface area contributed by atoms with Crippen LogP contribution in [0.1, 0.15) is 11.1 Å². The number of benzene rings is 1. The minimum Gasteiger partial charge on any atom is -0.478 e. The molecular weight excluding hydrogens is 258 g/mol. The molecular formula is C15H15NO4. The fraction of sp³-hybridized carbons (Fsp3) is 0.0667. The smallest absolute Gasteiger partial charge is 0.328 e. The lowest BCUT2D eigenvalue weighted by Gasteiger charge is -1.99. The third kappa shape index (κ3) is 5.68. The van der Waals surface area contributed by atoms with Crippen LogP contribution in [0.15, 0.2) is 54.3 Å². The number of allylic oxidation sites excluding steroid dienone is 2. The molecule has 4 N–H and O–H groups in total. The number of hydrogen-bond acceptors (Lipinski definition) is 3. The van der Waals surface area contributed by atoms with Crippen molar-refractivity contribution in [3.05, 3.63) is 65.4 Å². The van der Waals surface area contributed by atoms with E-state index in [0.29, 0.717) is 12.2 Å². The lowest BCUT2D eigenvalue weighted by molar-refractivity contribution is -0.134. The van der Waals surface area contributed by atoms with Crippen molar-refractivity contribution >= 4 is 18.0 Å². The highest BCUT2D eigenvalue weighted by atomic mass is 16.4. The summed E-state index contributed by atoms with van der Waals surface area (Å²) in [5.74, 6) is -2.51. The molecule has 2 rings (SSSR count). The fourth-order valence-electron chi connectivity index (χ4n) is 1.51. The molecule has 0 spiro atoms. The topological polar surface area (TPSA) is 101 Å². The molecule has 1 aliphatic carbocycles. The van der Waals surface area contributed by atoms with E-state index in [1.54, 1.807) is 0 Å². The summed E-state index contributed by atoms with van der Waals surface area (Å²) in [6, 6.07) is 8.35. The minimum atomic E-state index is -1.26. The Morgan fingerprint density at radius 3 is 2.25 bits per heavy atom. The van der Waals surface area contributed by atoms with Crippen LogP contribution in [0.5, 0.6) is 0 Å². The summed E-state index contributed by atoms with van der Waals surface area (Å²) in [7, 11) is 0. The molecule has 5 heteroatoms. The maximum atomic E-state index is 9.55. The van der Waals surface area contributed by atoms with Gasteiger partial charge in [-0.2, -0.15) is 0 Å². The van der Waals surface area contributed by atoms with Crippen LogP contribution < -0.4 is 5.73 Å². The van der Waals surface area contributed by atoms with Gasteiger partial charge < -0.3 is 15.9 Å². The van der Waals surface area contributed by atoms with Crippen molar-refractivity contribution in [2.45, 2.75) is 6.42 Å². The molecule has 0 heterocycles. The lowest BCUT2D eigenvalue weighted by Crippen LogP contribution is -1.91. The predicted molar refractivity (Wildman–Crippen MR) is 75.9 cm³/mol. The van der Waals surface area contributed by atoms with Crippen LogP contribution in [0, 0.1) is 0 Å². The van der Waals surface area contributed by atoms with Gasteiger partial charge in [0.25, 0.3) is 0 Å². The molecule has 0 aromatic heterocycles. The summed E-state index contributed by atoms with van der Waals surface area (Å²) >= 11 is 0. The van der Waals surface area contributed by atoms with Gasteiger partial charge in [0.05, 0.1) is 0 Å². The van der Waals surface area contributed by atoms with Gasteiger partial charge in [0.1, 0.15) is 0 Å². The van der Waals surface area contributed by atoms with Crippen molar-refractivity contribution in [1.29, 1.82) is 0 Å². The number of carboxylic acid groups (broad SMARTS) is 2. The standard InChI is InChI=1S/C11H11N.C4H4O4/c12-11-7-5-9-3-1-2-4-10(9)6-8-11;5-3(6)1-2-4(7)8/h1-5,7-8H,6,12H2;1-2H,(H,5,6)(H,7,8)/b;2-1+. The van der Waals surface area contributed by atoms with Crippen molar-refractivity contribution in [1.82, 2.24) is 0 Å². The van der Waals surface area contributed by atoms with Crippen molar-refractivity contribution < 1.29 is 19.8 Å². The van der Waals surface area contributed by atoms with Gasteiger partial charge in [0.2, 0.25) is 0 Å². The normalized spacial score (nSPS) is 12.7. The molecule has 0 unspecified atom stereocenters. The molecule has 0 fully saturated rings. The highest BCUT2D eigenvalue weighted by molar-refractivity contribution is 5.89. The van der Waals surface area contributed by atoms with Crippen LogP contribution in [0.4, 0.5) is 0 Å². The summed E-state index contributed by atoms with van der Waals surface area (Å²) < 4.78 is 0. The highest BCUT2D eigenvalue weighted by Gasteiger charge is 1.99. The average Bonchev–Trinajstić information content (AvgIpc) is 2.60. The molecule has 0 radical (unpaired) electrons. The second kappa shape index (κ2) is 7.58. The fourth-order valence-corrected chi connectivity index (χ4v) is 1.51. The number of rotatable bonds is 2. The van der Waals surface area contributed by atoms with Crippen LogP contribution >= 0.6 is 0 Å². The third-order valence-electron chi connectivity index (χ3n) is 2.44. The lowest BCUT2D eigenvalue weighted by atomic mass is 10.1. The van der Waals surface area contributed by atoms with E-state index in [9.17, 15) is 9.59 Å². The zero-order valence-electron chi connectivity index (χ0n) is 10.7. The second-order valence-electron chi connectivity index (χ2n) is 3.95. The quantitative estimate of drug-likeness (QED) is 0.713. The molecule has 5 nitrogen and oxygen atoms in total. The first kappa shape index (κ1) is 15.2. The molecule has 0 saturated carbocycles. The van der Waals surface area contributed by atoms with Gasteiger partial charge in [-0.25, -0.2) is 9.59 Å². The molecule has 20 heavy (non-hydrogen) atoms. The Morgan fingerprint density at radius 1 is 1.05 bits per heavy atom. The SMILES string of the molecule is NC1=CCc2ccccc2C=C1.O=C(O)/C=C/C(=O)O. The molecule has 0 atom stereocenters. The van der Waals surface area contributed by atoms with E-state index in [1.807, 2.05) is 18.2 Å². The van der Waals surface area contributed by atoms with E-state index in [1.165, 1.54) is 11.1 Å². The average molecular weight is 273 g/mol. The molecule has 0 bridgehead atoms. The number of carbonyl (C=O) groups is 2. The summed E-state index contributed by atoms with van der Waals surface area (Å²) in [5.41, 5.74) is 9.16. The van der Waals surface area contributed by atoms with Gasteiger partial charge in [-0.15, -0.1) is 0 Å². The molecule has 1 aliphatic rings. The Labute approximate surface area is 116 Å².